The fourth-order valence-electron chi connectivity index (χ4n) is 24.4. The van der Waals surface area contributed by atoms with E-state index in [1.165, 1.54) is 59.1 Å². The van der Waals surface area contributed by atoms with Gasteiger partial charge in [-0.3, -0.25) is 53.0 Å². The number of ketones is 4. The first kappa shape index (κ1) is 105. The van der Waals surface area contributed by atoms with E-state index >= 15 is 0 Å². The molecule has 22 nitrogen and oxygen atoms in total. The minimum Gasteiger partial charge on any atom is -0.385 e. The Labute approximate surface area is 855 Å². The number of likely N-dealkylation sites (tertiary alicyclic amines) is 1. The van der Waals surface area contributed by atoms with E-state index in [0.29, 0.717) is 152 Å². The maximum Gasteiger partial charge on any atom is 0.251 e. The Morgan fingerprint density at radius 3 is 1.46 bits per heavy atom. The second-order valence-corrected chi connectivity index (χ2v) is 41.8. The van der Waals surface area contributed by atoms with Crippen LogP contribution in [0.2, 0.25) is 0 Å². The second kappa shape index (κ2) is 50.4. The molecular weight excluding hydrogens is 1810 g/mol. The number of allylic oxidation sites excluding steroid dienone is 1. The zero-order valence-corrected chi connectivity index (χ0v) is 86.6. The van der Waals surface area contributed by atoms with Gasteiger partial charge in [-0.25, -0.2) is 13.8 Å². The van der Waals surface area contributed by atoms with E-state index in [9.17, 15) is 33.2 Å². The van der Waals surface area contributed by atoms with Crippen molar-refractivity contribution in [3.05, 3.63) is 315 Å². The molecular formula is C122H146FN13O9. The second-order valence-electron chi connectivity index (χ2n) is 41.8. The molecule has 5 aromatic heterocycles. The van der Waals surface area contributed by atoms with Crippen LogP contribution in [0.3, 0.4) is 0 Å². The minimum absolute atomic E-state index is 0.0595. The number of methoxy groups -OCH3 is 3. The van der Waals surface area contributed by atoms with Gasteiger partial charge < -0.3 is 24.8 Å². The van der Waals surface area contributed by atoms with Gasteiger partial charge in [0.15, 0.2) is 0 Å². The smallest absolute Gasteiger partial charge is 0.251 e. The van der Waals surface area contributed by atoms with E-state index in [1.807, 2.05) is 191 Å². The topological polar surface area (TPSA) is 254 Å². The fraction of sp³-hybridized carbons (Fsp3) is 0.443. The largest absolute Gasteiger partial charge is 0.385 e. The van der Waals surface area contributed by atoms with Crippen LogP contribution in [0, 0.1) is 86.8 Å². The number of rotatable bonds is 37. The molecule has 145 heavy (non-hydrogen) atoms. The summed E-state index contributed by atoms with van der Waals surface area (Å²) < 4.78 is 37.6. The monoisotopic (exact) mass is 1960 g/mol. The Bertz CT molecular complexity index is 6390. The number of aryl methyl sites for hydroxylation is 4. The molecule has 0 bridgehead atoms. The van der Waals surface area contributed by atoms with Crippen molar-refractivity contribution in [2.24, 2.45) is 72.3 Å². The number of ether oxygens (including phenoxy) is 3. The molecule has 19 rings (SSSR count). The molecule has 13 atom stereocenters. The van der Waals surface area contributed by atoms with Gasteiger partial charge in [0.2, 0.25) is 0 Å². The predicted molar refractivity (Wildman–Crippen MR) is 571 cm³/mol. The molecule has 0 spiro atoms. The number of nitrogens with zero attached hydrogens (tertiary/aromatic N) is 11. The highest BCUT2D eigenvalue weighted by Gasteiger charge is 2.44. The molecule has 2 N–H and O–H groups in total. The van der Waals surface area contributed by atoms with Gasteiger partial charge in [-0.2, -0.15) is 20.4 Å². The lowest BCUT2D eigenvalue weighted by Gasteiger charge is -2.38. The molecule has 760 valence electrons. The number of hydrogen-bond acceptors (Lipinski definition) is 16. The number of pyridine rings is 1. The van der Waals surface area contributed by atoms with Gasteiger partial charge in [-0.15, -0.1) is 0 Å². The van der Waals surface area contributed by atoms with Gasteiger partial charge >= 0.3 is 0 Å². The molecule has 2 amide bonds. The van der Waals surface area contributed by atoms with Crippen molar-refractivity contribution < 1.29 is 47.4 Å². The van der Waals surface area contributed by atoms with Crippen molar-refractivity contribution in [2.75, 3.05) is 74.4 Å². The first-order chi connectivity index (χ1) is 70.4. The molecule has 7 aliphatic rings. The molecule has 5 fully saturated rings. The lowest BCUT2D eigenvalue weighted by atomic mass is 9.77. The third kappa shape index (κ3) is 27.0. The summed E-state index contributed by atoms with van der Waals surface area (Å²) in [6, 6.07) is 67.0. The summed E-state index contributed by atoms with van der Waals surface area (Å²) in [7, 11) is 10.7. The third-order valence-electron chi connectivity index (χ3n) is 31.8. The van der Waals surface area contributed by atoms with Crippen molar-refractivity contribution in [1.29, 1.82) is 0 Å². The van der Waals surface area contributed by atoms with Crippen LogP contribution in [-0.4, -0.2) is 171 Å². The van der Waals surface area contributed by atoms with Crippen molar-refractivity contribution in [3.8, 4) is 45.1 Å². The van der Waals surface area contributed by atoms with E-state index in [4.69, 9.17) is 24.4 Å². The summed E-state index contributed by atoms with van der Waals surface area (Å²) in [4.78, 5) is 88.9. The molecule has 1 saturated heterocycles. The van der Waals surface area contributed by atoms with Crippen LogP contribution in [0.1, 0.15) is 228 Å². The first-order valence-corrected chi connectivity index (χ1v) is 52.7. The zero-order chi connectivity index (χ0) is 102. The average Bonchev–Trinajstić information content (AvgIpc) is 1.64. The summed E-state index contributed by atoms with van der Waals surface area (Å²) in [5, 5.41) is 24.4. The van der Waals surface area contributed by atoms with Gasteiger partial charge in [0.05, 0.1) is 52.6 Å². The van der Waals surface area contributed by atoms with E-state index < -0.39 is 0 Å². The maximum atomic E-state index is 14.1. The first-order valence-electron chi connectivity index (χ1n) is 52.7. The number of Topliss-reactive ketones (excluding diaryl/α,β-unsaturated/α-hetero) is 4. The number of aliphatic imine (C=N–C) groups is 1. The number of para-hydroxylation sites is 2. The molecule has 0 radical (unpaired) electrons. The van der Waals surface area contributed by atoms with Crippen LogP contribution in [0.25, 0.3) is 45.1 Å². The summed E-state index contributed by atoms with van der Waals surface area (Å²) >= 11 is 0. The van der Waals surface area contributed by atoms with Crippen LogP contribution in [0.15, 0.2) is 235 Å². The molecule has 7 heterocycles. The molecule has 5 aliphatic carbocycles. The summed E-state index contributed by atoms with van der Waals surface area (Å²) in [5.74, 6) is 6.60. The molecule has 23 heteroatoms. The molecule has 12 aromatic rings. The highest BCUT2D eigenvalue weighted by Crippen LogP contribution is 2.51. The van der Waals surface area contributed by atoms with Crippen LogP contribution >= 0.6 is 0 Å². The van der Waals surface area contributed by atoms with Crippen molar-refractivity contribution in [2.45, 2.75) is 206 Å². The van der Waals surface area contributed by atoms with E-state index in [2.05, 4.69) is 115 Å². The van der Waals surface area contributed by atoms with Crippen molar-refractivity contribution in [3.63, 3.8) is 0 Å². The quantitative estimate of drug-likeness (QED) is 0.0367. The number of carbonyl (C=O) groups excluding carboxylic acids is 6. The fourth-order valence-corrected chi connectivity index (χ4v) is 24.4. The minimum atomic E-state index is -0.117. The number of nitrogens with one attached hydrogen (secondary N) is 2. The van der Waals surface area contributed by atoms with Crippen molar-refractivity contribution in [1.82, 2.24) is 59.6 Å². The van der Waals surface area contributed by atoms with E-state index in [1.54, 1.807) is 55.9 Å². The standard InChI is InChI=1S/C36H41N3O3.C31H37N5O2.C29H35N3O3.C26H33FN2O/c1-4-37-36(41)29-17-15-28(16-18-29)35-25(2)34(39(38-35)31-13-9-6-10-14-31)24-32(40)23-30-21-26(19-20-42-3)22-33(30)27-11-7-5-8-12-27;1-21-14-24(10-12-32-21)29-16-23(11-13-38-4)15-25(29)17-28(37)18-30-22(2)31(26-19-33-35(3)20-26)34-36(30)27-8-6-5-7-9-27;1-30-29(34)23-11-9-22(10-12-23)28-19-25(32(2)31-28)18-26(33)17-24-15-20(13-14-35-3)16-27(24)21-7-5-4-6-8-21;1-17-8-20-10-22-15-29(16-23(22)11-21(20)13-25(17)27)26-5-3-2-4-19(26)12-24(30)9-18-6-7-28-14-18/h5-18,26,30,33H,4,19-24H2,1-3H3,(H,37,41);5-10,12,14,19-20,23,25,29H,11,13,15-18H2,1-4H3;4-12,19-20,24,27H,13-18H2,1-3H3,(H,30,34);6-8,13,19,22-23,26H,2-5,9-12,14-16H2,1H3/t26-,30+,33+;23-,25+,29+;20?,24-,27-;/m110./s1. The van der Waals surface area contributed by atoms with Gasteiger partial charge in [0.25, 0.3) is 11.8 Å². The summed E-state index contributed by atoms with van der Waals surface area (Å²) in [6.07, 6.45) is 30.2. The summed E-state index contributed by atoms with van der Waals surface area (Å²) in [5.41, 5.74) is 22.7. The number of fused-ring (bicyclic) bond motifs is 2. The number of carbonyl (C=O) groups is 6. The highest BCUT2D eigenvalue weighted by atomic mass is 19.1. The number of halogens is 1. The lowest BCUT2D eigenvalue weighted by molar-refractivity contribution is -0.120. The van der Waals surface area contributed by atoms with Crippen molar-refractivity contribution >= 4 is 41.2 Å². The predicted octanol–water partition coefficient (Wildman–Crippen LogP) is 22.1. The van der Waals surface area contributed by atoms with Crippen LogP contribution in [0.5, 0.6) is 0 Å². The Kier molecular flexibility index (Phi) is 36.6. The third-order valence-corrected chi connectivity index (χ3v) is 31.8. The number of benzene rings is 7. The van der Waals surface area contributed by atoms with Gasteiger partial charge in [0.1, 0.15) is 29.0 Å². The Morgan fingerprint density at radius 1 is 0.490 bits per heavy atom. The normalized spacial score (nSPS) is 21.4. The Morgan fingerprint density at radius 2 is 0.966 bits per heavy atom. The van der Waals surface area contributed by atoms with Crippen LogP contribution < -0.4 is 10.6 Å². The summed E-state index contributed by atoms with van der Waals surface area (Å²) in [6.45, 7) is 15.8. The molecule has 5 unspecified atom stereocenters. The Balaban J connectivity index is 0.000000139. The molecule has 2 aliphatic heterocycles. The Hall–Kier alpha value is -12.7. The molecule has 4 saturated carbocycles. The van der Waals surface area contributed by atoms with E-state index in [-0.39, 0.29) is 35.0 Å². The van der Waals surface area contributed by atoms with Crippen LogP contribution in [-0.2, 0) is 79.6 Å². The highest BCUT2D eigenvalue weighted by molar-refractivity contribution is 5.95. The van der Waals surface area contributed by atoms with Gasteiger partial charge in [-0.05, 0) is 318 Å². The maximum absolute atomic E-state index is 14.1. The number of hydrogen-bond donors (Lipinski definition) is 2. The average molecular weight is 1960 g/mol. The number of aromatic nitrogens is 9. The molecule has 7 aromatic carbocycles. The van der Waals surface area contributed by atoms with Gasteiger partial charge in [0, 0.05) is 197 Å². The van der Waals surface area contributed by atoms with Crippen LogP contribution in [0.4, 0.5) is 4.39 Å². The number of amides is 2. The zero-order valence-electron chi connectivity index (χ0n) is 86.6. The van der Waals surface area contributed by atoms with Gasteiger partial charge in [-0.1, -0.05) is 140 Å². The SMILES string of the molecule is CCNC(=O)c1ccc(-c2nn(-c3ccccc3)c(CC(=O)C[C@@H]3C[C@@H](CCOC)C[C@H]3c3ccccc3)c2C)cc1.CNC(=O)c1ccc(-c2cc(CC(=O)C[C@@H]3CC(CCOC)C[C@H]3c3ccccc3)n(C)n2)cc1.COCC[C@@H]1C[C@@H](CC(=O)Cc2c(C)c(-c3cnn(C)c3)nn2-c2ccccc2)[C@H](c2ccnc(C)c2)C1.Cc1cc2c(cc1F)CC1CN(C3CCCCC3CC(=O)CC3=CC=NC3)CC1C2. The lowest BCUT2D eigenvalue weighted by Crippen LogP contribution is -2.42. The van der Waals surface area contributed by atoms with E-state index in [0.717, 1.165) is 195 Å².